The second-order valence-electron chi connectivity index (χ2n) is 3.53. The van der Waals surface area contributed by atoms with Crippen LogP contribution in [0.25, 0.3) is 0 Å². The van der Waals surface area contributed by atoms with Gasteiger partial charge in [0.05, 0.1) is 13.2 Å². The highest BCUT2D eigenvalue weighted by atomic mass is 16.5. The Kier molecular flexibility index (Phi) is 1.66. The van der Waals surface area contributed by atoms with Crippen molar-refractivity contribution < 1.29 is 4.74 Å². The van der Waals surface area contributed by atoms with E-state index in [4.69, 9.17) is 10.5 Å². The van der Waals surface area contributed by atoms with Gasteiger partial charge in [0.2, 0.25) is 0 Å². The Morgan fingerprint density at radius 3 is 2.70 bits per heavy atom. The van der Waals surface area contributed by atoms with E-state index in [9.17, 15) is 0 Å². The van der Waals surface area contributed by atoms with Crippen LogP contribution in [0.15, 0.2) is 0 Å². The van der Waals surface area contributed by atoms with E-state index < -0.39 is 0 Å². The van der Waals surface area contributed by atoms with Crippen molar-refractivity contribution in [1.29, 1.82) is 0 Å². The molecule has 0 aromatic rings. The van der Waals surface area contributed by atoms with Gasteiger partial charge in [-0.05, 0) is 37.1 Å². The van der Waals surface area contributed by atoms with E-state index in [0.717, 1.165) is 31.6 Å². The summed E-state index contributed by atoms with van der Waals surface area (Å²) in [6, 6.07) is 0. The van der Waals surface area contributed by atoms with Crippen molar-refractivity contribution in [2.75, 3.05) is 19.8 Å². The molecule has 2 N–H and O–H groups in total. The molecule has 2 aliphatic rings. The molecule has 2 unspecified atom stereocenters. The topological polar surface area (TPSA) is 35.2 Å². The van der Waals surface area contributed by atoms with Crippen molar-refractivity contribution in [3.05, 3.63) is 0 Å². The molecule has 1 saturated heterocycles. The molecule has 2 fully saturated rings. The molecule has 2 rings (SSSR count). The zero-order valence-corrected chi connectivity index (χ0v) is 6.25. The quantitative estimate of drug-likeness (QED) is 0.611. The zero-order valence-electron chi connectivity index (χ0n) is 6.25. The minimum Gasteiger partial charge on any atom is -0.381 e. The average Bonchev–Trinajstić information content (AvgIpc) is 2.69. The van der Waals surface area contributed by atoms with Gasteiger partial charge in [-0.15, -0.1) is 0 Å². The minimum atomic E-state index is 0.674. The molecule has 0 aromatic carbocycles. The Balaban J connectivity index is 1.91. The van der Waals surface area contributed by atoms with E-state index in [1.54, 1.807) is 0 Å². The van der Waals surface area contributed by atoms with Gasteiger partial charge in [0.1, 0.15) is 0 Å². The SMILES string of the molecule is NCC1COCC1C1CC1. The summed E-state index contributed by atoms with van der Waals surface area (Å²) in [5, 5.41) is 0. The van der Waals surface area contributed by atoms with E-state index in [1.165, 1.54) is 12.8 Å². The highest BCUT2D eigenvalue weighted by Crippen LogP contribution is 2.42. The van der Waals surface area contributed by atoms with Crippen LogP contribution in [-0.4, -0.2) is 19.8 Å². The Bertz CT molecular complexity index is 122. The second-order valence-corrected chi connectivity index (χ2v) is 3.53. The largest absolute Gasteiger partial charge is 0.381 e. The van der Waals surface area contributed by atoms with Crippen LogP contribution in [0.4, 0.5) is 0 Å². The van der Waals surface area contributed by atoms with Crippen LogP contribution in [0.5, 0.6) is 0 Å². The monoisotopic (exact) mass is 141 g/mol. The summed E-state index contributed by atoms with van der Waals surface area (Å²) in [6.07, 6.45) is 2.84. The van der Waals surface area contributed by atoms with Crippen molar-refractivity contribution >= 4 is 0 Å². The molecule has 10 heavy (non-hydrogen) atoms. The fraction of sp³-hybridized carbons (Fsp3) is 1.00. The molecular formula is C8H15NO. The first-order chi connectivity index (χ1) is 4.92. The lowest BCUT2D eigenvalue weighted by Gasteiger charge is -2.13. The summed E-state index contributed by atoms with van der Waals surface area (Å²) in [6.45, 7) is 2.71. The Hall–Kier alpha value is -0.0800. The molecule has 1 aliphatic heterocycles. The number of nitrogens with two attached hydrogens (primary N) is 1. The van der Waals surface area contributed by atoms with Gasteiger partial charge in [-0.3, -0.25) is 0 Å². The van der Waals surface area contributed by atoms with Crippen LogP contribution in [-0.2, 0) is 4.74 Å². The molecule has 1 heterocycles. The third kappa shape index (κ3) is 1.06. The van der Waals surface area contributed by atoms with Crippen LogP contribution < -0.4 is 5.73 Å². The Morgan fingerprint density at radius 2 is 2.10 bits per heavy atom. The molecule has 0 amide bonds. The molecule has 0 spiro atoms. The Morgan fingerprint density at radius 1 is 1.30 bits per heavy atom. The molecule has 1 saturated carbocycles. The predicted molar refractivity (Wildman–Crippen MR) is 39.6 cm³/mol. The average molecular weight is 141 g/mol. The van der Waals surface area contributed by atoms with E-state index >= 15 is 0 Å². The normalized spacial score (nSPS) is 40.5. The predicted octanol–water partition coefficient (Wildman–Crippen LogP) is 0.618. The zero-order chi connectivity index (χ0) is 6.97. The maximum Gasteiger partial charge on any atom is 0.0510 e. The molecule has 1 aliphatic carbocycles. The highest BCUT2D eigenvalue weighted by Gasteiger charge is 2.39. The summed E-state index contributed by atoms with van der Waals surface area (Å²) in [7, 11) is 0. The van der Waals surface area contributed by atoms with Crippen molar-refractivity contribution in [3.8, 4) is 0 Å². The van der Waals surface area contributed by atoms with Crippen LogP contribution in [0.3, 0.4) is 0 Å². The van der Waals surface area contributed by atoms with E-state index in [2.05, 4.69) is 0 Å². The van der Waals surface area contributed by atoms with Gasteiger partial charge in [-0.1, -0.05) is 0 Å². The summed E-state index contributed by atoms with van der Waals surface area (Å²) < 4.78 is 5.38. The third-order valence-corrected chi connectivity index (χ3v) is 2.78. The third-order valence-electron chi connectivity index (χ3n) is 2.78. The number of rotatable bonds is 2. The summed E-state index contributed by atoms with van der Waals surface area (Å²) >= 11 is 0. The molecule has 2 heteroatoms. The van der Waals surface area contributed by atoms with Crippen molar-refractivity contribution in [2.45, 2.75) is 12.8 Å². The van der Waals surface area contributed by atoms with Crippen LogP contribution in [0, 0.1) is 17.8 Å². The minimum absolute atomic E-state index is 0.674. The first kappa shape index (κ1) is 6.62. The maximum absolute atomic E-state index is 5.61. The molecule has 2 nitrogen and oxygen atoms in total. The van der Waals surface area contributed by atoms with E-state index in [1.807, 2.05) is 0 Å². The van der Waals surface area contributed by atoms with Crippen LogP contribution in [0.2, 0.25) is 0 Å². The maximum atomic E-state index is 5.61. The molecular weight excluding hydrogens is 126 g/mol. The first-order valence-electron chi connectivity index (χ1n) is 4.19. The molecule has 0 bridgehead atoms. The molecule has 58 valence electrons. The number of hydrogen-bond donors (Lipinski definition) is 1. The summed E-state index contributed by atoms with van der Waals surface area (Å²) in [5.41, 5.74) is 5.61. The van der Waals surface area contributed by atoms with Gasteiger partial charge in [-0.2, -0.15) is 0 Å². The fourth-order valence-electron chi connectivity index (χ4n) is 1.90. The van der Waals surface area contributed by atoms with Crippen LogP contribution in [0.1, 0.15) is 12.8 Å². The van der Waals surface area contributed by atoms with Gasteiger partial charge >= 0.3 is 0 Å². The van der Waals surface area contributed by atoms with Crippen molar-refractivity contribution in [3.63, 3.8) is 0 Å². The lowest BCUT2D eigenvalue weighted by atomic mass is 9.92. The van der Waals surface area contributed by atoms with E-state index in [-0.39, 0.29) is 0 Å². The fourth-order valence-corrected chi connectivity index (χ4v) is 1.90. The van der Waals surface area contributed by atoms with E-state index in [0.29, 0.717) is 5.92 Å². The van der Waals surface area contributed by atoms with Crippen LogP contribution >= 0.6 is 0 Å². The first-order valence-corrected chi connectivity index (χ1v) is 4.19. The van der Waals surface area contributed by atoms with Crippen molar-refractivity contribution in [1.82, 2.24) is 0 Å². The lowest BCUT2D eigenvalue weighted by molar-refractivity contribution is 0.178. The number of hydrogen-bond acceptors (Lipinski definition) is 2. The second kappa shape index (κ2) is 2.51. The Labute approximate surface area is 61.7 Å². The smallest absolute Gasteiger partial charge is 0.0510 e. The molecule has 0 radical (unpaired) electrons. The van der Waals surface area contributed by atoms with Gasteiger partial charge in [0.25, 0.3) is 0 Å². The molecule has 2 atom stereocenters. The van der Waals surface area contributed by atoms with Gasteiger partial charge < -0.3 is 10.5 Å². The van der Waals surface area contributed by atoms with Gasteiger partial charge in [0, 0.05) is 0 Å². The number of ether oxygens (including phenoxy) is 1. The van der Waals surface area contributed by atoms with Gasteiger partial charge in [-0.25, -0.2) is 0 Å². The van der Waals surface area contributed by atoms with Crippen molar-refractivity contribution in [2.24, 2.45) is 23.5 Å². The summed E-state index contributed by atoms with van der Waals surface area (Å²) in [4.78, 5) is 0. The van der Waals surface area contributed by atoms with Gasteiger partial charge in [0.15, 0.2) is 0 Å². The highest BCUT2D eigenvalue weighted by molar-refractivity contribution is 4.88. The lowest BCUT2D eigenvalue weighted by Crippen LogP contribution is -2.23. The molecule has 0 aromatic heterocycles. The standard InChI is InChI=1S/C8H15NO/c9-3-7-4-10-5-8(7)6-1-2-6/h6-8H,1-5,9H2. The summed E-state index contributed by atoms with van der Waals surface area (Å²) in [5.74, 6) is 2.45.